The number of nitrogens with one attached hydrogen (secondary N) is 1. The largest absolute Gasteiger partial charge is 0.306 e. The Bertz CT molecular complexity index is 607. The van der Waals surface area contributed by atoms with Gasteiger partial charge in [-0.2, -0.15) is 0 Å². The summed E-state index contributed by atoms with van der Waals surface area (Å²) < 4.78 is 1.55. The van der Waals surface area contributed by atoms with E-state index in [2.05, 4.69) is 17.0 Å². The van der Waals surface area contributed by atoms with Crippen molar-refractivity contribution >= 4 is 34.9 Å². The van der Waals surface area contributed by atoms with Crippen LogP contribution in [-0.2, 0) is 4.79 Å². The average molecular weight is 282 g/mol. The van der Waals surface area contributed by atoms with E-state index in [4.69, 9.17) is 23.2 Å². The smallest absolute Gasteiger partial charge is 0.248 e. The number of nitrogens with zero attached hydrogens (tertiary/aromatic N) is 2. The van der Waals surface area contributed by atoms with E-state index in [1.165, 1.54) is 6.08 Å². The third kappa shape index (κ3) is 2.72. The van der Waals surface area contributed by atoms with Crippen LogP contribution < -0.4 is 5.32 Å². The third-order valence-electron chi connectivity index (χ3n) is 2.18. The predicted molar refractivity (Wildman–Crippen MR) is 72.4 cm³/mol. The minimum Gasteiger partial charge on any atom is -0.306 e. The summed E-state index contributed by atoms with van der Waals surface area (Å²) in [6, 6.07) is 6.75. The van der Waals surface area contributed by atoms with Gasteiger partial charge in [0.2, 0.25) is 5.91 Å². The molecule has 1 heterocycles. The molecule has 6 heteroatoms. The fraction of sp³-hybridized carbons (Fsp3) is 0. The molecule has 0 aliphatic carbocycles. The van der Waals surface area contributed by atoms with Crippen molar-refractivity contribution in [1.82, 2.24) is 9.78 Å². The first kappa shape index (κ1) is 12.7. The van der Waals surface area contributed by atoms with Crippen LogP contribution in [0.5, 0.6) is 0 Å². The summed E-state index contributed by atoms with van der Waals surface area (Å²) in [4.78, 5) is 11.1. The maximum Gasteiger partial charge on any atom is 0.248 e. The van der Waals surface area contributed by atoms with E-state index in [9.17, 15) is 4.79 Å². The highest BCUT2D eigenvalue weighted by atomic mass is 35.5. The molecule has 92 valence electrons. The molecule has 1 aromatic carbocycles. The lowest BCUT2D eigenvalue weighted by atomic mass is 10.3. The quantitative estimate of drug-likeness (QED) is 0.878. The van der Waals surface area contributed by atoms with E-state index < -0.39 is 0 Å². The Morgan fingerprint density at radius 1 is 1.39 bits per heavy atom. The minimum absolute atomic E-state index is 0.317. The molecule has 0 bridgehead atoms. The molecule has 0 radical (unpaired) electrons. The maximum absolute atomic E-state index is 11.1. The molecule has 1 amide bonds. The summed E-state index contributed by atoms with van der Waals surface area (Å²) in [5, 5.41) is 7.75. The Kier molecular flexibility index (Phi) is 3.69. The van der Waals surface area contributed by atoms with Gasteiger partial charge in [0.15, 0.2) is 5.82 Å². The van der Waals surface area contributed by atoms with Gasteiger partial charge in [0.05, 0.1) is 10.7 Å². The van der Waals surface area contributed by atoms with Crippen LogP contribution in [0.3, 0.4) is 0 Å². The molecule has 0 aliphatic rings. The van der Waals surface area contributed by atoms with Gasteiger partial charge in [0.25, 0.3) is 0 Å². The summed E-state index contributed by atoms with van der Waals surface area (Å²) in [7, 11) is 0. The van der Waals surface area contributed by atoms with Crippen LogP contribution in [0.4, 0.5) is 5.82 Å². The monoisotopic (exact) mass is 281 g/mol. The molecule has 1 aromatic heterocycles. The van der Waals surface area contributed by atoms with Gasteiger partial charge in [0, 0.05) is 17.3 Å². The number of carbonyl (C=O) groups is 1. The lowest BCUT2D eigenvalue weighted by Gasteiger charge is -2.04. The number of rotatable bonds is 3. The van der Waals surface area contributed by atoms with Gasteiger partial charge >= 0.3 is 0 Å². The number of hydrogen-bond donors (Lipinski definition) is 1. The Balaban J connectivity index is 2.29. The average Bonchev–Trinajstić information content (AvgIpc) is 2.77. The number of hydrogen-bond acceptors (Lipinski definition) is 2. The molecule has 1 N–H and O–H groups in total. The highest BCUT2D eigenvalue weighted by Crippen LogP contribution is 2.24. The van der Waals surface area contributed by atoms with Crippen LogP contribution in [0.25, 0.3) is 5.69 Å². The molecule has 18 heavy (non-hydrogen) atoms. The SMILES string of the molecule is C=CC(=O)Nc1ccn(-c2ccc(Cl)cc2Cl)n1. The van der Waals surface area contributed by atoms with E-state index in [-0.39, 0.29) is 5.91 Å². The van der Waals surface area contributed by atoms with E-state index >= 15 is 0 Å². The molecule has 2 aromatic rings. The van der Waals surface area contributed by atoms with Gasteiger partial charge < -0.3 is 5.32 Å². The second kappa shape index (κ2) is 5.25. The lowest BCUT2D eigenvalue weighted by Crippen LogP contribution is -2.08. The Morgan fingerprint density at radius 3 is 2.83 bits per heavy atom. The number of carbonyl (C=O) groups excluding carboxylic acids is 1. The van der Waals surface area contributed by atoms with Crippen molar-refractivity contribution in [2.75, 3.05) is 5.32 Å². The van der Waals surface area contributed by atoms with Crippen LogP contribution in [0, 0.1) is 0 Å². The zero-order valence-corrected chi connectivity index (χ0v) is 10.7. The van der Waals surface area contributed by atoms with Crippen molar-refractivity contribution in [3.05, 3.63) is 53.2 Å². The second-order valence-corrected chi connectivity index (χ2v) is 4.28. The number of benzene rings is 1. The molecular weight excluding hydrogens is 273 g/mol. The normalized spacial score (nSPS) is 10.1. The lowest BCUT2D eigenvalue weighted by molar-refractivity contribution is -0.111. The number of halogens is 2. The summed E-state index contributed by atoms with van der Waals surface area (Å²) in [5.41, 5.74) is 0.681. The van der Waals surface area contributed by atoms with E-state index in [1.807, 2.05) is 0 Å². The summed E-state index contributed by atoms with van der Waals surface area (Å²) in [6.07, 6.45) is 2.86. The first-order valence-electron chi connectivity index (χ1n) is 5.04. The third-order valence-corrected chi connectivity index (χ3v) is 2.72. The Hall–Kier alpha value is -1.78. The first-order chi connectivity index (χ1) is 8.60. The summed E-state index contributed by atoms with van der Waals surface area (Å²) in [6.45, 7) is 3.36. The molecule has 4 nitrogen and oxygen atoms in total. The number of anilines is 1. The molecule has 0 fully saturated rings. The van der Waals surface area contributed by atoms with E-state index in [1.54, 1.807) is 35.1 Å². The minimum atomic E-state index is -0.317. The molecule has 0 saturated carbocycles. The molecule has 0 unspecified atom stereocenters. The Morgan fingerprint density at radius 2 is 2.17 bits per heavy atom. The fourth-order valence-electron chi connectivity index (χ4n) is 1.37. The maximum atomic E-state index is 11.1. The van der Waals surface area contributed by atoms with Gasteiger partial charge in [-0.3, -0.25) is 4.79 Å². The molecule has 2 rings (SSSR count). The van der Waals surface area contributed by atoms with Crippen molar-refractivity contribution in [3.63, 3.8) is 0 Å². The van der Waals surface area contributed by atoms with Crippen LogP contribution in [0.15, 0.2) is 43.1 Å². The van der Waals surface area contributed by atoms with Crippen molar-refractivity contribution in [2.45, 2.75) is 0 Å². The van der Waals surface area contributed by atoms with Crippen LogP contribution in [0.2, 0.25) is 10.0 Å². The Labute approximate surface area is 114 Å². The molecule has 0 atom stereocenters. The molecule has 0 aliphatic heterocycles. The van der Waals surface area contributed by atoms with Crippen LogP contribution in [-0.4, -0.2) is 15.7 Å². The van der Waals surface area contributed by atoms with Crippen molar-refractivity contribution in [1.29, 1.82) is 0 Å². The molecular formula is C12H9Cl2N3O. The fourth-order valence-corrected chi connectivity index (χ4v) is 1.86. The number of aromatic nitrogens is 2. The first-order valence-corrected chi connectivity index (χ1v) is 5.80. The summed E-state index contributed by atoms with van der Waals surface area (Å²) >= 11 is 11.9. The van der Waals surface area contributed by atoms with Gasteiger partial charge in [-0.05, 0) is 24.3 Å². The topological polar surface area (TPSA) is 46.9 Å². The van der Waals surface area contributed by atoms with Crippen molar-refractivity contribution < 1.29 is 4.79 Å². The van der Waals surface area contributed by atoms with Crippen molar-refractivity contribution in [3.8, 4) is 5.69 Å². The molecule has 0 saturated heterocycles. The van der Waals surface area contributed by atoms with Crippen molar-refractivity contribution in [2.24, 2.45) is 0 Å². The number of amides is 1. The zero-order chi connectivity index (χ0) is 13.1. The highest BCUT2D eigenvalue weighted by Gasteiger charge is 2.06. The van der Waals surface area contributed by atoms with Gasteiger partial charge in [-0.25, -0.2) is 4.68 Å². The van der Waals surface area contributed by atoms with Gasteiger partial charge in [0.1, 0.15) is 0 Å². The van der Waals surface area contributed by atoms with Gasteiger partial charge in [-0.15, -0.1) is 5.10 Å². The van der Waals surface area contributed by atoms with Crippen LogP contribution in [0.1, 0.15) is 0 Å². The van der Waals surface area contributed by atoms with Gasteiger partial charge in [-0.1, -0.05) is 29.8 Å². The van der Waals surface area contributed by atoms with E-state index in [0.29, 0.717) is 21.6 Å². The van der Waals surface area contributed by atoms with E-state index in [0.717, 1.165) is 0 Å². The second-order valence-electron chi connectivity index (χ2n) is 3.43. The highest BCUT2D eigenvalue weighted by molar-refractivity contribution is 6.35. The molecule has 0 spiro atoms. The zero-order valence-electron chi connectivity index (χ0n) is 9.23. The predicted octanol–water partition coefficient (Wildman–Crippen LogP) is 3.30. The van der Waals surface area contributed by atoms with Crippen LogP contribution >= 0.6 is 23.2 Å². The summed E-state index contributed by atoms with van der Waals surface area (Å²) in [5.74, 6) is 0.105. The standard InChI is InChI=1S/C12H9Cl2N3O/c1-2-12(18)15-11-5-6-17(16-11)10-4-3-8(13)7-9(10)14/h2-7H,1H2,(H,15,16,18).